The molecule has 4 aromatic rings. The van der Waals surface area contributed by atoms with Gasteiger partial charge in [-0.15, -0.1) is 0 Å². The molecule has 2 aliphatic heterocycles. The van der Waals surface area contributed by atoms with Crippen LogP contribution in [0.2, 0.25) is 0 Å². The van der Waals surface area contributed by atoms with Crippen molar-refractivity contribution in [3.05, 3.63) is 66.3 Å². The average Bonchev–Trinajstić information content (AvgIpc) is 3.49. The Kier molecular flexibility index (Phi) is 4.32. The number of piperidine rings is 1. The third-order valence-corrected chi connectivity index (χ3v) is 6.98. The molecule has 0 radical (unpaired) electrons. The Morgan fingerprint density at radius 1 is 1.06 bits per heavy atom. The Morgan fingerprint density at radius 2 is 1.85 bits per heavy atom. The number of para-hydroxylation sites is 1. The van der Waals surface area contributed by atoms with Gasteiger partial charge in [-0.05, 0) is 30.5 Å². The molecule has 7 nitrogen and oxygen atoms in total. The molecule has 33 heavy (non-hydrogen) atoms. The number of carbonyl (C=O) groups excluding carboxylic acids is 2. The van der Waals surface area contributed by atoms with Crippen molar-refractivity contribution in [2.24, 2.45) is 5.41 Å². The Hall–Kier alpha value is -3.71. The van der Waals surface area contributed by atoms with Crippen LogP contribution in [0.3, 0.4) is 0 Å². The minimum absolute atomic E-state index is 0.0337. The van der Waals surface area contributed by atoms with E-state index in [1.807, 2.05) is 24.4 Å². The van der Waals surface area contributed by atoms with Gasteiger partial charge in [0.25, 0.3) is 11.8 Å². The molecule has 0 saturated carbocycles. The highest BCUT2D eigenvalue weighted by molar-refractivity contribution is 6.50. The molecule has 2 N–H and O–H groups in total. The maximum absolute atomic E-state index is 13.1. The van der Waals surface area contributed by atoms with Crippen LogP contribution < -0.4 is 10.6 Å². The second kappa shape index (κ2) is 7.15. The summed E-state index contributed by atoms with van der Waals surface area (Å²) in [5.74, 6) is -0.828. The minimum atomic E-state index is -0.431. The topological polar surface area (TPSA) is 89.2 Å². The molecule has 6 rings (SSSR count). The zero-order valence-corrected chi connectivity index (χ0v) is 18.5. The van der Waals surface area contributed by atoms with Crippen LogP contribution in [0.15, 0.2) is 59.6 Å². The summed E-state index contributed by atoms with van der Waals surface area (Å²) in [5.41, 5.74) is 3.59. The summed E-state index contributed by atoms with van der Waals surface area (Å²) < 4.78 is 7.96. The number of imide groups is 1. The first-order valence-electron chi connectivity index (χ1n) is 11.2. The summed E-state index contributed by atoms with van der Waals surface area (Å²) in [5, 5.41) is 7.72. The van der Waals surface area contributed by atoms with Crippen LogP contribution in [0, 0.1) is 5.41 Å². The van der Waals surface area contributed by atoms with Crippen molar-refractivity contribution in [1.29, 1.82) is 0 Å². The summed E-state index contributed by atoms with van der Waals surface area (Å²) >= 11 is 0. The monoisotopic (exact) mass is 440 g/mol. The number of furan rings is 1. The molecular formula is C26H24N4O3. The Morgan fingerprint density at radius 3 is 2.67 bits per heavy atom. The predicted molar refractivity (Wildman–Crippen MR) is 126 cm³/mol. The molecule has 3 aromatic heterocycles. The Labute approximate surface area is 190 Å². The summed E-state index contributed by atoms with van der Waals surface area (Å²) in [6.07, 6.45) is 7.87. The van der Waals surface area contributed by atoms with Gasteiger partial charge in [0.15, 0.2) is 0 Å². The highest BCUT2D eigenvalue weighted by Crippen LogP contribution is 2.42. The maximum atomic E-state index is 13.1. The number of carbonyl (C=O) groups is 2. The van der Waals surface area contributed by atoms with Crippen LogP contribution in [0.4, 0.5) is 0 Å². The van der Waals surface area contributed by atoms with Gasteiger partial charge in [-0.25, -0.2) is 0 Å². The predicted octanol–water partition coefficient (Wildman–Crippen LogP) is 3.91. The number of amides is 2. The highest BCUT2D eigenvalue weighted by Gasteiger charge is 2.38. The zero-order chi connectivity index (χ0) is 22.7. The number of nitrogens with one attached hydrogen (secondary N) is 2. The molecule has 5 heterocycles. The molecule has 1 saturated heterocycles. The first-order chi connectivity index (χ1) is 16.0. The van der Waals surface area contributed by atoms with E-state index in [1.54, 1.807) is 24.7 Å². The molecule has 1 aromatic carbocycles. The molecule has 7 heteroatoms. The number of fused-ring (bicyclic) bond motifs is 2. The van der Waals surface area contributed by atoms with Crippen molar-refractivity contribution in [2.45, 2.75) is 26.3 Å². The fourth-order valence-electron chi connectivity index (χ4n) is 5.37. The quantitative estimate of drug-likeness (QED) is 0.472. The summed E-state index contributed by atoms with van der Waals surface area (Å²) in [6, 6.07) is 10.1. The van der Waals surface area contributed by atoms with E-state index in [4.69, 9.17) is 4.42 Å². The molecule has 1 fully saturated rings. The molecular weight excluding hydrogens is 416 g/mol. The zero-order valence-electron chi connectivity index (χ0n) is 18.5. The van der Waals surface area contributed by atoms with Gasteiger partial charge >= 0.3 is 0 Å². The van der Waals surface area contributed by atoms with E-state index in [-0.39, 0.29) is 11.5 Å². The fourth-order valence-corrected chi connectivity index (χ4v) is 5.37. The van der Waals surface area contributed by atoms with E-state index in [2.05, 4.69) is 40.1 Å². The lowest BCUT2D eigenvalue weighted by Crippen LogP contribution is -2.43. The smallest absolute Gasteiger partial charge is 0.259 e. The maximum Gasteiger partial charge on any atom is 0.259 e. The van der Waals surface area contributed by atoms with Crippen LogP contribution >= 0.6 is 0 Å². The van der Waals surface area contributed by atoms with E-state index in [9.17, 15) is 9.59 Å². The van der Waals surface area contributed by atoms with Crippen molar-refractivity contribution in [3.8, 4) is 0 Å². The normalized spacial score (nSPS) is 20.7. The lowest BCUT2D eigenvalue weighted by Gasteiger charge is -2.40. The highest BCUT2D eigenvalue weighted by atomic mass is 16.3. The van der Waals surface area contributed by atoms with Crippen LogP contribution in [0.25, 0.3) is 33.0 Å². The van der Waals surface area contributed by atoms with Gasteiger partial charge in [0.1, 0.15) is 5.58 Å². The number of rotatable bonds is 3. The van der Waals surface area contributed by atoms with Gasteiger partial charge < -0.3 is 14.3 Å². The first-order valence-corrected chi connectivity index (χ1v) is 11.2. The third-order valence-electron chi connectivity index (χ3n) is 6.98. The number of aromatic nitrogens is 2. The molecule has 0 bridgehead atoms. The number of nitrogens with zero attached hydrogens (tertiary/aromatic N) is 2. The number of hydrogen-bond acceptors (Lipinski definition) is 5. The van der Waals surface area contributed by atoms with Gasteiger partial charge in [-0.3, -0.25) is 19.9 Å². The summed E-state index contributed by atoms with van der Waals surface area (Å²) in [4.78, 5) is 30.4. The summed E-state index contributed by atoms with van der Waals surface area (Å²) in [6.45, 7) is 6.38. The Bertz CT molecular complexity index is 1470. The van der Waals surface area contributed by atoms with Crippen molar-refractivity contribution < 1.29 is 14.0 Å². The second-order valence-electron chi connectivity index (χ2n) is 9.50. The molecule has 2 aliphatic rings. The lowest BCUT2D eigenvalue weighted by molar-refractivity contribution is -0.122. The largest absolute Gasteiger partial charge is 0.464 e. The molecule has 1 unspecified atom stereocenters. The minimum Gasteiger partial charge on any atom is -0.464 e. The number of hydrogen-bond donors (Lipinski definition) is 2. The van der Waals surface area contributed by atoms with Crippen molar-refractivity contribution in [1.82, 2.24) is 20.2 Å². The van der Waals surface area contributed by atoms with Gasteiger partial charge in [0, 0.05) is 58.6 Å². The van der Waals surface area contributed by atoms with Crippen LogP contribution in [-0.2, 0) is 9.59 Å². The van der Waals surface area contributed by atoms with Gasteiger partial charge in [0.05, 0.1) is 17.4 Å². The number of benzene rings is 1. The van der Waals surface area contributed by atoms with Crippen molar-refractivity contribution in [3.63, 3.8) is 0 Å². The second-order valence-corrected chi connectivity index (χ2v) is 9.50. The molecule has 0 spiro atoms. The van der Waals surface area contributed by atoms with E-state index in [0.717, 1.165) is 41.4 Å². The van der Waals surface area contributed by atoms with E-state index >= 15 is 0 Å². The van der Waals surface area contributed by atoms with Crippen LogP contribution in [0.5, 0.6) is 0 Å². The van der Waals surface area contributed by atoms with Crippen molar-refractivity contribution >= 4 is 44.8 Å². The van der Waals surface area contributed by atoms with Crippen LogP contribution in [-0.4, -0.2) is 34.5 Å². The third kappa shape index (κ3) is 2.96. The first kappa shape index (κ1) is 19.9. The molecule has 0 aliphatic carbocycles. The van der Waals surface area contributed by atoms with Crippen LogP contribution in [0.1, 0.15) is 37.4 Å². The standard InChI is InChI=1S/C26H24N4O3/c1-26(2)14-27-9-7-20(26)30-13-18(16-5-3-4-6-19(16)30)22-21(24(31)29-25(22)32)17-12-28-11-15-8-10-33-23(15)17/h3-6,8,10-13,20,27H,7,9,14H2,1-2H3,(H,29,31,32). The van der Waals surface area contributed by atoms with E-state index in [1.165, 1.54) is 0 Å². The molecule has 1 atom stereocenters. The van der Waals surface area contributed by atoms with E-state index in [0.29, 0.717) is 22.3 Å². The van der Waals surface area contributed by atoms with Gasteiger partial charge in [-0.2, -0.15) is 0 Å². The van der Waals surface area contributed by atoms with Crippen molar-refractivity contribution in [2.75, 3.05) is 13.1 Å². The SMILES string of the molecule is CC1(C)CNCCC1n1cc(C2=C(c3cncc4ccoc34)C(=O)NC2=O)c2ccccc21. The number of pyridine rings is 1. The average molecular weight is 441 g/mol. The van der Waals surface area contributed by atoms with Gasteiger partial charge in [0.2, 0.25) is 0 Å². The van der Waals surface area contributed by atoms with E-state index < -0.39 is 11.8 Å². The lowest BCUT2D eigenvalue weighted by atomic mass is 9.80. The summed E-state index contributed by atoms with van der Waals surface area (Å²) in [7, 11) is 0. The fraction of sp³-hybridized carbons (Fsp3) is 0.269. The molecule has 166 valence electrons. The van der Waals surface area contributed by atoms with Gasteiger partial charge in [-0.1, -0.05) is 32.0 Å². The Balaban J connectivity index is 1.63. The molecule has 2 amide bonds.